The first-order valence-electron chi connectivity index (χ1n) is 8.40. The minimum atomic E-state index is 0.624. The topological polar surface area (TPSA) is 27.7 Å². The summed E-state index contributed by atoms with van der Waals surface area (Å²) in [5, 5.41) is 1.89. The van der Waals surface area contributed by atoms with E-state index in [0.717, 1.165) is 28.0 Å². The van der Waals surface area contributed by atoms with E-state index in [0.29, 0.717) is 11.5 Å². The van der Waals surface area contributed by atoms with Crippen LogP contribution in [0.3, 0.4) is 0 Å². The molecule has 26 heavy (non-hydrogen) atoms. The lowest BCUT2D eigenvalue weighted by Crippen LogP contribution is -1.94. The van der Waals surface area contributed by atoms with Crippen molar-refractivity contribution >= 4 is 10.8 Å². The first-order chi connectivity index (χ1) is 12.8. The summed E-state index contributed by atoms with van der Waals surface area (Å²) in [4.78, 5) is 0. The van der Waals surface area contributed by atoms with Gasteiger partial charge >= 0.3 is 0 Å². The summed E-state index contributed by atoms with van der Waals surface area (Å²) in [7, 11) is 1.63. The predicted molar refractivity (Wildman–Crippen MR) is 104 cm³/mol. The third-order valence-electron chi connectivity index (χ3n) is 4.08. The fourth-order valence-corrected chi connectivity index (χ4v) is 2.85. The van der Waals surface area contributed by atoms with Gasteiger partial charge in [-0.3, -0.25) is 0 Å². The summed E-state index contributed by atoms with van der Waals surface area (Å²) < 4.78 is 17.8. The monoisotopic (exact) mass is 342 g/mol. The third-order valence-corrected chi connectivity index (χ3v) is 4.08. The van der Waals surface area contributed by atoms with Crippen LogP contribution < -0.4 is 14.2 Å². The molecule has 0 aliphatic carbocycles. The zero-order valence-corrected chi connectivity index (χ0v) is 14.4. The summed E-state index contributed by atoms with van der Waals surface area (Å²) in [5.41, 5.74) is 0. The number of rotatable bonds is 5. The quantitative estimate of drug-likeness (QED) is 0.418. The van der Waals surface area contributed by atoms with Crippen LogP contribution in [0, 0.1) is 0 Å². The summed E-state index contributed by atoms with van der Waals surface area (Å²) in [6.07, 6.45) is 0. The Morgan fingerprint density at radius 3 is 1.69 bits per heavy atom. The molecule has 128 valence electrons. The van der Waals surface area contributed by atoms with Crippen LogP contribution in [0.25, 0.3) is 10.8 Å². The Balaban J connectivity index is 1.84. The maximum absolute atomic E-state index is 6.14. The summed E-state index contributed by atoms with van der Waals surface area (Å²) in [6, 6.07) is 29.2. The van der Waals surface area contributed by atoms with Gasteiger partial charge in [-0.2, -0.15) is 0 Å². The van der Waals surface area contributed by atoms with Gasteiger partial charge in [-0.1, -0.05) is 60.7 Å². The fourth-order valence-electron chi connectivity index (χ4n) is 2.85. The van der Waals surface area contributed by atoms with Crippen LogP contribution in [0.5, 0.6) is 28.7 Å². The van der Waals surface area contributed by atoms with Crippen LogP contribution in [0.2, 0.25) is 0 Å². The van der Waals surface area contributed by atoms with Gasteiger partial charge < -0.3 is 14.2 Å². The van der Waals surface area contributed by atoms with Gasteiger partial charge in [0, 0.05) is 16.8 Å². The Bertz CT molecular complexity index is 1010. The van der Waals surface area contributed by atoms with Gasteiger partial charge in [-0.25, -0.2) is 0 Å². The summed E-state index contributed by atoms with van der Waals surface area (Å²) in [5.74, 6) is 3.56. The predicted octanol–water partition coefficient (Wildman–Crippen LogP) is 6.43. The third kappa shape index (κ3) is 3.20. The fraction of sp³-hybridized carbons (Fsp3) is 0.0435. The highest BCUT2D eigenvalue weighted by Crippen LogP contribution is 2.44. The molecule has 0 aliphatic rings. The van der Waals surface area contributed by atoms with Crippen molar-refractivity contribution < 1.29 is 14.2 Å². The maximum atomic E-state index is 6.14. The van der Waals surface area contributed by atoms with Gasteiger partial charge in [0.15, 0.2) is 11.5 Å². The van der Waals surface area contributed by atoms with Crippen LogP contribution in [0.4, 0.5) is 0 Å². The van der Waals surface area contributed by atoms with E-state index in [-0.39, 0.29) is 0 Å². The lowest BCUT2D eigenvalue weighted by Gasteiger charge is -2.16. The molecule has 0 saturated carbocycles. The molecule has 0 fully saturated rings. The zero-order valence-electron chi connectivity index (χ0n) is 14.4. The molecule has 0 radical (unpaired) electrons. The molecule has 3 nitrogen and oxygen atoms in total. The molecule has 4 aromatic rings. The second-order valence-electron chi connectivity index (χ2n) is 5.78. The van der Waals surface area contributed by atoms with Crippen molar-refractivity contribution in [3.05, 3.63) is 91.0 Å². The van der Waals surface area contributed by atoms with Crippen molar-refractivity contribution in [2.45, 2.75) is 0 Å². The molecule has 0 spiro atoms. The van der Waals surface area contributed by atoms with Gasteiger partial charge in [-0.05, 0) is 24.3 Å². The van der Waals surface area contributed by atoms with Gasteiger partial charge in [0.05, 0.1) is 7.11 Å². The Labute approximate surface area is 152 Å². The zero-order chi connectivity index (χ0) is 17.8. The molecule has 3 heteroatoms. The molecular weight excluding hydrogens is 324 g/mol. The highest BCUT2D eigenvalue weighted by atomic mass is 16.5. The lowest BCUT2D eigenvalue weighted by molar-refractivity contribution is 0.378. The van der Waals surface area contributed by atoms with Crippen molar-refractivity contribution in [3.63, 3.8) is 0 Å². The van der Waals surface area contributed by atoms with E-state index in [1.165, 1.54) is 0 Å². The van der Waals surface area contributed by atoms with Crippen LogP contribution in [-0.2, 0) is 0 Å². The van der Waals surface area contributed by atoms with E-state index in [1.807, 2.05) is 91.0 Å². The maximum Gasteiger partial charge on any atom is 0.177 e. The van der Waals surface area contributed by atoms with Crippen LogP contribution in [0.15, 0.2) is 91.0 Å². The van der Waals surface area contributed by atoms with Gasteiger partial charge in [-0.15, -0.1) is 0 Å². The summed E-state index contributed by atoms with van der Waals surface area (Å²) >= 11 is 0. The van der Waals surface area contributed by atoms with E-state index in [4.69, 9.17) is 14.2 Å². The number of benzene rings is 4. The van der Waals surface area contributed by atoms with Crippen LogP contribution in [-0.4, -0.2) is 7.11 Å². The number of hydrogen-bond acceptors (Lipinski definition) is 3. The molecule has 0 amide bonds. The van der Waals surface area contributed by atoms with Gasteiger partial charge in [0.2, 0.25) is 0 Å². The molecule has 0 saturated heterocycles. The SMILES string of the molecule is COc1cc(Oc2ccccc2)c2ccccc2c1Oc1ccccc1. The Hall–Kier alpha value is -3.46. The number of para-hydroxylation sites is 2. The minimum absolute atomic E-state index is 0.624. The van der Waals surface area contributed by atoms with Crippen molar-refractivity contribution in [1.82, 2.24) is 0 Å². The molecule has 0 unspecified atom stereocenters. The molecule has 4 rings (SSSR count). The summed E-state index contributed by atoms with van der Waals surface area (Å²) in [6.45, 7) is 0. The van der Waals surface area contributed by atoms with E-state index < -0.39 is 0 Å². The molecule has 0 heterocycles. The highest BCUT2D eigenvalue weighted by molar-refractivity contribution is 5.96. The number of methoxy groups -OCH3 is 1. The molecule has 0 N–H and O–H groups in total. The van der Waals surface area contributed by atoms with Crippen molar-refractivity contribution in [2.75, 3.05) is 7.11 Å². The van der Waals surface area contributed by atoms with Crippen LogP contribution >= 0.6 is 0 Å². The number of ether oxygens (including phenoxy) is 3. The number of hydrogen-bond donors (Lipinski definition) is 0. The Kier molecular flexibility index (Phi) is 4.44. The Morgan fingerprint density at radius 1 is 0.538 bits per heavy atom. The first kappa shape index (κ1) is 16.0. The van der Waals surface area contributed by atoms with E-state index in [1.54, 1.807) is 7.11 Å². The first-order valence-corrected chi connectivity index (χ1v) is 8.40. The smallest absolute Gasteiger partial charge is 0.177 e. The second-order valence-corrected chi connectivity index (χ2v) is 5.78. The van der Waals surface area contributed by atoms with E-state index >= 15 is 0 Å². The standard InChI is InChI=1S/C23H18O3/c1-24-22-16-21(25-17-10-4-2-5-11-17)19-14-8-9-15-20(19)23(22)26-18-12-6-3-7-13-18/h2-16H,1H3. The van der Waals surface area contributed by atoms with E-state index in [2.05, 4.69) is 0 Å². The van der Waals surface area contributed by atoms with Gasteiger partial charge in [0.25, 0.3) is 0 Å². The highest BCUT2D eigenvalue weighted by Gasteiger charge is 2.16. The van der Waals surface area contributed by atoms with Gasteiger partial charge in [0.1, 0.15) is 17.2 Å². The van der Waals surface area contributed by atoms with E-state index in [9.17, 15) is 0 Å². The lowest BCUT2D eigenvalue weighted by atomic mass is 10.1. The molecule has 0 aromatic heterocycles. The largest absolute Gasteiger partial charge is 0.493 e. The van der Waals surface area contributed by atoms with Crippen LogP contribution in [0.1, 0.15) is 0 Å². The molecule has 0 bridgehead atoms. The number of fused-ring (bicyclic) bond motifs is 1. The van der Waals surface area contributed by atoms with Crippen molar-refractivity contribution in [1.29, 1.82) is 0 Å². The molecular formula is C23H18O3. The van der Waals surface area contributed by atoms with Crippen molar-refractivity contribution in [2.24, 2.45) is 0 Å². The normalized spacial score (nSPS) is 10.5. The molecule has 0 aliphatic heterocycles. The minimum Gasteiger partial charge on any atom is -0.493 e. The second kappa shape index (κ2) is 7.19. The average molecular weight is 342 g/mol. The Morgan fingerprint density at radius 2 is 1.08 bits per heavy atom. The van der Waals surface area contributed by atoms with Crippen molar-refractivity contribution in [3.8, 4) is 28.7 Å². The molecule has 0 atom stereocenters. The average Bonchev–Trinajstić information content (AvgIpc) is 2.71. The molecule has 4 aromatic carbocycles.